The second kappa shape index (κ2) is 9.09. The molecular formula is C17H35N3O. The summed E-state index contributed by atoms with van der Waals surface area (Å²) < 4.78 is 5.46. The Morgan fingerprint density at radius 3 is 1.62 bits per heavy atom. The number of likely N-dealkylation sites (tertiary alicyclic amines) is 2. The Kier molecular flexibility index (Phi) is 7.44. The monoisotopic (exact) mass is 297 g/mol. The highest BCUT2D eigenvalue weighted by molar-refractivity contribution is 4.86. The highest BCUT2D eigenvalue weighted by Gasteiger charge is 2.30. The van der Waals surface area contributed by atoms with Crippen LogP contribution in [0.15, 0.2) is 0 Å². The summed E-state index contributed by atoms with van der Waals surface area (Å²) in [6.45, 7) is 13.4. The lowest BCUT2D eigenvalue weighted by atomic mass is 9.97. The topological polar surface area (TPSA) is 19.0 Å². The van der Waals surface area contributed by atoms with Gasteiger partial charge in [0.1, 0.15) is 0 Å². The molecule has 0 amide bonds. The number of ether oxygens (including phenoxy) is 1. The minimum absolute atomic E-state index is 0.825. The Balaban J connectivity index is 0.000000774. The summed E-state index contributed by atoms with van der Waals surface area (Å²) in [6.07, 6.45) is 5.48. The number of hydrogen-bond acceptors (Lipinski definition) is 4. The van der Waals surface area contributed by atoms with E-state index in [1.807, 2.05) is 13.8 Å². The molecular weight excluding hydrogens is 262 g/mol. The van der Waals surface area contributed by atoms with E-state index in [0.717, 1.165) is 38.4 Å². The minimum Gasteiger partial charge on any atom is -0.379 e. The normalized spacial score (nSPS) is 28.1. The van der Waals surface area contributed by atoms with E-state index >= 15 is 0 Å². The van der Waals surface area contributed by atoms with Crippen LogP contribution in [-0.2, 0) is 4.74 Å². The molecule has 3 fully saturated rings. The molecule has 4 heteroatoms. The molecule has 4 nitrogen and oxygen atoms in total. The van der Waals surface area contributed by atoms with Gasteiger partial charge in [-0.25, -0.2) is 0 Å². The zero-order valence-corrected chi connectivity index (χ0v) is 14.4. The molecule has 3 heterocycles. The third-order valence-electron chi connectivity index (χ3n) is 5.27. The van der Waals surface area contributed by atoms with Gasteiger partial charge in [-0.2, -0.15) is 0 Å². The molecule has 0 aromatic carbocycles. The van der Waals surface area contributed by atoms with E-state index in [2.05, 4.69) is 21.7 Å². The van der Waals surface area contributed by atoms with E-state index in [4.69, 9.17) is 4.74 Å². The zero-order valence-electron chi connectivity index (χ0n) is 14.4. The van der Waals surface area contributed by atoms with Gasteiger partial charge in [-0.15, -0.1) is 0 Å². The fourth-order valence-corrected chi connectivity index (χ4v) is 3.92. The Bertz CT molecular complexity index is 265. The van der Waals surface area contributed by atoms with Gasteiger partial charge in [-0.3, -0.25) is 4.90 Å². The van der Waals surface area contributed by atoms with Crippen LogP contribution in [0.2, 0.25) is 0 Å². The first-order valence-electron chi connectivity index (χ1n) is 9.07. The predicted molar refractivity (Wildman–Crippen MR) is 88.9 cm³/mol. The second-order valence-corrected chi connectivity index (χ2v) is 6.45. The van der Waals surface area contributed by atoms with Crippen LogP contribution in [0.4, 0.5) is 0 Å². The molecule has 0 aromatic rings. The molecule has 0 unspecified atom stereocenters. The Labute approximate surface area is 131 Å². The van der Waals surface area contributed by atoms with Crippen LogP contribution >= 0.6 is 0 Å². The van der Waals surface area contributed by atoms with Gasteiger partial charge in [0.15, 0.2) is 0 Å². The molecule has 124 valence electrons. The van der Waals surface area contributed by atoms with Crippen molar-refractivity contribution < 1.29 is 4.74 Å². The van der Waals surface area contributed by atoms with Gasteiger partial charge in [0.2, 0.25) is 0 Å². The number of piperidine rings is 2. The van der Waals surface area contributed by atoms with Gasteiger partial charge in [0, 0.05) is 25.2 Å². The van der Waals surface area contributed by atoms with Crippen molar-refractivity contribution in [2.75, 3.05) is 59.5 Å². The highest BCUT2D eigenvalue weighted by Crippen LogP contribution is 2.23. The van der Waals surface area contributed by atoms with Crippen molar-refractivity contribution >= 4 is 0 Å². The molecule has 0 atom stereocenters. The molecule has 0 radical (unpaired) electrons. The minimum atomic E-state index is 0.825. The molecule has 0 bridgehead atoms. The van der Waals surface area contributed by atoms with Crippen LogP contribution in [0.5, 0.6) is 0 Å². The zero-order chi connectivity index (χ0) is 15.1. The van der Waals surface area contributed by atoms with Gasteiger partial charge in [0.05, 0.1) is 13.2 Å². The number of morpholine rings is 1. The third-order valence-corrected chi connectivity index (χ3v) is 5.27. The Morgan fingerprint density at radius 1 is 0.667 bits per heavy atom. The summed E-state index contributed by atoms with van der Waals surface area (Å²) in [5.74, 6) is 0. The molecule has 3 aliphatic heterocycles. The molecule has 3 rings (SSSR count). The SMILES string of the molecule is CC.CN1CCC(N2CCC(N3CCOCC3)CC2)CC1. The average Bonchev–Trinajstić information content (AvgIpc) is 2.58. The van der Waals surface area contributed by atoms with Gasteiger partial charge >= 0.3 is 0 Å². The van der Waals surface area contributed by atoms with E-state index in [1.54, 1.807) is 0 Å². The quantitative estimate of drug-likeness (QED) is 0.775. The van der Waals surface area contributed by atoms with Crippen molar-refractivity contribution in [2.45, 2.75) is 51.6 Å². The summed E-state index contributed by atoms with van der Waals surface area (Å²) in [7, 11) is 2.25. The summed E-state index contributed by atoms with van der Waals surface area (Å²) in [6, 6.07) is 1.69. The van der Waals surface area contributed by atoms with Crippen molar-refractivity contribution in [2.24, 2.45) is 0 Å². The summed E-state index contributed by atoms with van der Waals surface area (Å²) in [5, 5.41) is 0. The van der Waals surface area contributed by atoms with E-state index in [1.165, 1.54) is 51.9 Å². The van der Waals surface area contributed by atoms with Crippen LogP contribution in [0.25, 0.3) is 0 Å². The molecule has 0 aromatic heterocycles. The van der Waals surface area contributed by atoms with Crippen LogP contribution < -0.4 is 0 Å². The van der Waals surface area contributed by atoms with Gasteiger partial charge in [-0.1, -0.05) is 13.8 Å². The largest absolute Gasteiger partial charge is 0.379 e. The van der Waals surface area contributed by atoms with E-state index < -0.39 is 0 Å². The summed E-state index contributed by atoms with van der Waals surface area (Å²) in [4.78, 5) is 7.90. The number of rotatable bonds is 2. The summed E-state index contributed by atoms with van der Waals surface area (Å²) in [5.41, 5.74) is 0. The molecule has 0 N–H and O–H groups in total. The van der Waals surface area contributed by atoms with Crippen LogP contribution in [0.3, 0.4) is 0 Å². The maximum Gasteiger partial charge on any atom is 0.0594 e. The lowest BCUT2D eigenvalue weighted by molar-refractivity contribution is -0.00665. The lowest BCUT2D eigenvalue weighted by Gasteiger charge is -2.44. The van der Waals surface area contributed by atoms with Crippen molar-refractivity contribution in [1.82, 2.24) is 14.7 Å². The first-order valence-corrected chi connectivity index (χ1v) is 9.07. The molecule has 0 saturated carbocycles. The van der Waals surface area contributed by atoms with Crippen molar-refractivity contribution in [3.63, 3.8) is 0 Å². The van der Waals surface area contributed by atoms with Crippen LogP contribution in [-0.4, -0.2) is 86.3 Å². The standard InChI is InChI=1S/C15H29N3O.C2H6/c1-16-6-2-14(3-7-16)17-8-4-15(5-9-17)18-10-12-19-13-11-18;1-2/h14-15H,2-13H2,1H3;1-2H3. The van der Waals surface area contributed by atoms with E-state index in [0.29, 0.717) is 0 Å². The van der Waals surface area contributed by atoms with Crippen molar-refractivity contribution in [3.8, 4) is 0 Å². The molecule has 3 aliphatic rings. The first kappa shape index (κ1) is 17.2. The van der Waals surface area contributed by atoms with Crippen molar-refractivity contribution in [1.29, 1.82) is 0 Å². The van der Waals surface area contributed by atoms with Crippen molar-refractivity contribution in [3.05, 3.63) is 0 Å². The maximum atomic E-state index is 5.46. The van der Waals surface area contributed by atoms with Crippen LogP contribution in [0.1, 0.15) is 39.5 Å². The Morgan fingerprint density at radius 2 is 1.10 bits per heavy atom. The fraction of sp³-hybridized carbons (Fsp3) is 1.00. The number of hydrogen-bond donors (Lipinski definition) is 0. The number of nitrogens with zero attached hydrogens (tertiary/aromatic N) is 3. The van der Waals surface area contributed by atoms with Crippen LogP contribution in [0, 0.1) is 0 Å². The van der Waals surface area contributed by atoms with E-state index in [-0.39, 0.29) is 0 Å². The second-order valence-electron chi connectivity index (χ2n) is 6.45. The molecule has 0 aliphatic carbocycles. The molecule has 3 saturated heterocycles. The maximum absolute atomic E-state index is 5.46. The lowest BCUT2D eigenvalue weighted by Crippen LogP contribution is -2.52. The fourth-order valence-electron chi connectivity index (χ4n) is 3.92. The van der Waals surface area contributed by atoms with E-state index in [9.17, 15) is 0 Å². The highest BCUT2D eigenvalue weighted by atomic mass is 16.5. The summed E-state index contributed by atoms with van der Waals surface area (Å²) >= 11 is 0. The smallest absolute Gasteiger partial charge is 0.0594 e. The first-order chi connectivity index (χ1) is 10.3. The van der Waals surface area contributed by atoms with Gasteiger partial charge in [0.25, 0.3) is 0 Å². The molecule has 21 heavy (non-hydrogen) atoms. The third kappa shape index (κ3) is 4.92. The average molecular weight is 297 g/mol. The van der Waals surface area contributed by atoms with Gasteiger partial charge < -0.3 is 14.5 Å². The van der Waals surface area contributed by atoms with Gasteiger partial charge in [-0.05, 0) is 58.9 Å². The predicted octanol–water partition coefficient (Wildman–Crippen LogP) is 1.90. The Hall–Kier alpha value is -0.160. The molecule has 0 spiro atoms.